The molecule has 8 heteroatoms. The van der Waals surface area contributed by atoms with Gasteiger partial charge in [0, 0.05) is 25.5 Å². The molecule has 1 amide bonds. The molecule has 0 aliphatic heterocycles. The minimum atomic E-state index is -0.149. The van der Waals surface area contributed by atoms with E-state index in [1.807, 2.05) is 65.4 Å². The maximum atomic E-state index is 13.3. The van der Waals surface area contributed by atoms with E-state index in [2.05, 4.69) is 9.97 Å². The summed E-state index contributed by atoms with van der Waals surface area (Å²) in [6.07, 6.45) is 6.18. The number of para-hydroxylation sites is 1. The SMILES string of the molecule is O=C(COc1ccc2ccccc2c1)N(CCCn1ccnc1)c1nc2c(Cl)cccc2s1. The van der Waals surface area contributed by atoms with E-state index in [9.17, 15) is 4.79 Å². The molecule has 2 heterocycles. The summed E-state index contributed by atoms with van der Waals surface area (Å²) in [6, 6.07) is 19.5. The third-order valence-electron chi connectivity index (χ3n) is 5.33. The van der Waals surface area contributed by atoms with Crippen molar-refractivity contribution in [3.8, 4) is 5.75 Å². The monoisotopic (exact) mass is 476 g/mol. The third-order valence-corrected chi connectivity index (χ3v) is 6.68. The van der Waals surface area contributed by atoms with Crippen molar-refractivity contribution in [3.63, 3.8) is 0 Å². The second-order valence-electron chi connectivity index (χ2n) is 7.58. The van der Waals surface area contributed by atoms with Gasteiger partial charge in [0.05, 0.1) is 16.0 Å². The van der Waals surface area contributed by atoms with Crippen LogP contribution >= 0.6 is 22.9 Å². The molecular formula is C25H21ClN4O2S. The number of halogens is 1. The molecule has 166 valence electrons. The zero-order valence-electron chi connectivity index (χ0n) is 17.7. The predicted molar refractivity (Wildman–Crippen MR) is 133 cm³/mol. The van der Waals surface area contributed by atoms with E-state index in [0.717, 1.165) is 28.4 Å². The van der Waals surface area contributed by atoms with E-state index in [1.54, 1.807) is 23.5 Å². The summed E-state index contributed by atoms with van der Waals surface area (Å²) < 4.78 is 8.81. The number of ether oxygens (including phenoxy) is 1. The Balaban J connectivity index is 1.34. The Morgan fingerprint density at radius 1 is 1.09 bits per heavy atom. The fourth-order valence-electron chi connectivity index (χ4n) is 3.66. The summed E-state index contributed by atoms with van der Waals surface area (Å²) in [5, 5.41) is 3.40. The van der Waals surface area contributed by atoms with Crippen LogP contribution in [0.4, 0.5) is 5.13 Å². The van der Waals surface area contributed by atoms with Gasteiger partial charge in [-0.2, -0.15) is 0 Å². The van der Waals surface area contributed by atoms with E-state index < -0.39 is 0 Å². The van der Waals surface area contributed by atoms with E-state index in [4.69, 9.17) is 16.3 Å². The molecule has 0 saturated heterocycles. The number of imidazole rings is 1. The molecule has 0 atom stereocenters. The summed E-state index contributed by atoms with van der Waals surface area (Å²) in [5.74, 6) is 0.511. The summed E-state index contributed by atoms with van der Waals surface area (Å²) >= 11 is 7.78. The van der Waals surface area contributed by atoms with Crippen LogP contribution in [-0.2, 0) is 11.3 Å². The molecule has 0 aliphatic carbocycles. The molecule has 0 radical (unpaired) electrons. The first-order valence-electron chi connectivity index (χ1n) is 10.6. The number of carbonyl (C=O) groups is 1. The molecule has 5 aromatic rings. The summed E-state index contributed by atoms with van der Waals surface area (Å²) in [7, 11) is 0. The number of aryl methyl sites for hydroxylation is 1. The van der Waals surface area contributed by atoms with Gasteiger partial charge in [0.15, 0.2) is 11.7 Å². The molecule has 5 rings (SSSR count). The van der Waals surface area contributed by atoms with Crippen LogP contribution in [-0.4, -0.2) is 33.6 Å². The van der Waals surface area contributed by atoms with Crippen molar-refractivity contribution in [2.75, 3.05) is 18.1 Å². The first kappa shape index (κ1) is 21.4. The van der Waals surface area contributed by atoms with Gasteiger partial charge in [-0.25, -0.2) is 9.97 Å². The number of carbonyl (C=O) groups excluding carboxylic acids is 1. The fourth-order valence-corrected chi connectivity index (χ4v) is 4.96. The van der Waals surface area contributed by atoms with Crippen molar-refractivity contribution in [2.24, 2.45) is 0 Å². The average Bonchev–Trinajstić information content (AvgIpc) is 3.51. The molecule has 33 heavy (non-hydrogen) atoms. The van der Waals surface area contributed by atoms with Gasteiger partial charge in [-0.3, -0.25) is 9.69 Å². The Hall–Kier alpha value is -3.42. The van der Waals surface area contributed by atoms with Crippen molar-refractivity contribution in [3.05, 3.63) is 84.4 Å². The molecule has 0 unspecified atom stereocenters. The van der Waals surface area contributed by atoms with Crippen LogP contribution in [0.5, 0.6) is 5.75 Å². The number of aromatic nitrogens is 3. The average molecular weight is 477 g/mol. The van der Waals surface area contributed by atoms with Crippen LogP contribution in [0, 0.1) is 0 Å². The standard InChI is InChI=1S/C25H21ClN4O2S/c26-21-7-3-8-22-24(21)28-25(33-22)30(13-4-12-29-14-11-27-17-29)23(31)16-32-20-10-9-18-5-1-2-6-19(18)15-20/h1-3,5-11,14-15,17H,4,12-13,16H2. The quantitative estimate of drug-likeness (QED) is 0.284. The Kier molecular flexibility index (Phi) is 6.24. The molecule has 0 aliphatic rings. The Bertz CT molecular complexity index is 1400. The van der Waals surface area contributed by atoms with Crippen LogP contribution < -0.4 is 9.64 Å². The van der Waals surface area contributed by atoms with Crippen molar-refractivity contribution in [1.82, 2.24) is 14.5 Å². The Morgan fingerprint density at radius 3 is 2.79 bits per heavy atom. The van der Waals surface area contributed by atoms with Crippen LogP contribution in [0.3, 0.4) is 0 Å². The number of hydrogen-bond donors (Lipinski definition) is 0. The number of anilines is 1. The van der Waals surface area contributed by atoms with Gasteiger partial charge in [0.25, 0.3) is 5.91 Å². The van der Waals surface area contributed by atoms with Crippen molar-refractivity contribution in [2.45, 2.75) is 13.0 Å². The highest BCUT2D eigenvalue weighted by Crippen LogP contribution is 2.33. The lowest BCUT2D eigenvalue weighted by atomic mass is 10.1. The fraction of sp³-hybridized carbons (Fsp3) is 0.160. The normalized spacial score (nSPS) is 11.2. The van der Waals surface area contributed by atoms with E-state index >= 15 is 0 Å². The van der Waals surface area contributed by atoms with Crippen LogP contribution in [0.15, 0.2) is 79.4 Å². The number of hydrogen-bond acceptors (Lipinski definition) is 5. The minimum absolute atomic E-state index is 0.0763. The first-order valence-corrected chi connectivity index (χ1v) is 11.8. The lowest BCUT2D eigenvalue weighted by Crippen LogP contribution is -2.36. The van der Waals surface area contributed by atoms with Gasteiger partial charge < -0.3 is 9.30 Å². The molecule has 6 nitrogen and oxygen atoms in total. The molecule has 0 bridgehead atoms. The maximum absolute atomic E-state index is 13.3. The molecule has 0 N–H and O–H groups in total. The second kappa shape index (κ2) is 9.60. The van der Waals surface area contributed by atoms with Gasteiger partial charge in [-0.15, -0.1) is 0 Å². The van der Waals surface area contributed by atoms with Crippen LogP contribution in [0.25, 0.3) is 21.0 Å². The zero-order valence-corrected chi connectivity index (χ0v) is 19.3. The van der Waals surface area contributed by atoms with Gasteiger partial charge in [-0.1, -0.05) is 59.3 Å². The highest BCUT2D eigenvalue weighted by molar-refractivity contribution is 7.22. The summed E-state index contributed by atoms with van der Waals surface area (Å²) in [6.45, 7) is 1.18. The molecule has 3 aromatic carbocycles. The minimum Gasteiger partial charge on any atom is -0.484 e. The van der Waals surface area contributed by atoms with Gasteiger partial charge in [0.2, 0.25) is 0 Å². The topological polar surface area (TPSA) is 60.2 Å². The van der Waals surface area contributed by atoms with E-state index in [-0.39, 0.29) is 12.5 Å². The number of benzene rings is 3. The number of rotatable bonds is 8. The lowest BCUT2D eigenvalue weighted by molar-refractivity contribution is -0.120. The summed E-state index contributed by atoms with van der Waals surface area (Å²) in [4.78, 5) is 23.7. The third kappa shape index (κ3) is 4.84. The molecule has 0 saturated carbocycles. The van der Waals surface area contributed by atoms with Crippen LogP contribution in [0.2, 0.25) is 5.02 Å². The molecule has 0 spiro atoms. The van der Waals surface area contributed by atoms with Gasteiger partial charge in [-0.05, 0) is 41.5 Å². The van der Waals surface area contributed by atoms with E-state index in [0.29, 0.717) is 28.0 Å². The number of fused-ring (bicyclic) bond motifs is 2. The van der Waals surface area contributed by atoms with Crippen molar-refractivity contribution < 1.29 is 9.53 Å². The Labute approximate surface area is 200 Å². The molecule has 2 aromatic heterocycles. The van der Waals surface area contributed by atoms with Crippen molar-refractivity contribution >= 4 is 55.0 Å². The van der Waals surface area contributed by atoms with Crippen LogP contribution in [0.1, 0.15) is 6.42 Å². The number of thiazole rings is 1. The smallest absolute Gasteiger partial charge is 0.266 e. The lowest BCUT2D eigenvalue weighted by Gasteiger charge is -2.20. The molecule has 0 fully saturated rings. The van der Waals surface area contributed by atoms with E-state index in [1.165, 1.54) is 11.3 Å². The number of nitrogens with zero attached hydrogens (tertiary/aromatic N) is 4. The van der Waals surface area contributed by atoms with Crippen molar-refractivity contribution in [1.29, 1.82) is 0 Å². The predicted octanol–water partition coefficient (Wildman–Crippen LogP) is 5.80. The highest BCUT2D eigenvalue weighted by Gasteiger charge is 2.21. The number of amides is 1. The summed E-state index contributed by atoms with van der Waals surface area (Å²) in [5.41, 5.74) is 0.710. The second-order valence-corrected chi connectivity index (χ2v) is 9.00. The zero-order chi connectivity index (χ0) is 22.6. The maximum Gasteiger partial charge on any atom is 0.266 e. The highest BCUT2D eigenvalue weighted by atomic mass is 35.5. The largest absolute Gasteiger partial charge is 0.484 e. The Morgan fingerprint density at radius 2 is 1.97 bits per heavy atom. The van der Waals surface area contributed by atoms with Gasteiger partial charge >= 0.3 is 0 Å². The first-order chi connectivity index (χ1) is 16.2. The van der Waals surface area contributed by atoms with Gasteiger partial charge in [0.1, 0.15) is 11.3 Å². The molecular weight excluding hydrogens is 456 g/mol.